The van der Waals surface area contributed by atoms with Crippen LogP contribution in [0.15, 0.2) is 18.7 Å². The smallest absolute Gasteiger partial charge is 0.244 e. The number of hydrogen-bond acceptors (Lipinski definition) is 3. The first-order valence-corrected chi connectivity index (χ1v) is 6.02. The van der Waals surface area contributed by atoms with E-state index in [4.69, 9.17) is 0 Å². The molecule has 14 heavy (non-hydrogen) atoms. The lowest BCUT2D eigenvalue weighted by atomic mass is 10.3. The summed E-state index contributed by atoms with van der Waals surface area (Å²) in [4.78, 5) is 3.74. The van der Waals surface area contributed by atoms with Gasteiger partial charge in [0.15, 0.2) is 0 Å². The van der Waals surface area contributed by atoms with Gasteiger partial charge in [0.1, 0.15) is 6.33 Å². The molecule has 78 valence electrons. The number of rotatable bonds is 2. The lowest BCUT2D eigenvalue weighted by Crippen LogP contribution is -2.37. The highest BCUT2D eigenvalue weighted by molar-refractivity contribution is 7.87. The second-order valence-corrected chi connectivity index (χ2v) is 5.29. The van der Waals surface area contributed by atoms with E-state index in [1.54, 1.807) is 0 Å². The van der Waals surface area contributed by atoms with Crippen LogP contribution >= 0.6 is 0 Å². The first-order chi connectivity index (χ1) is 6.62. The lowest BCUT2D eigenvalue weighted by Gasteiger charge is -2.20. The number of imidazole rings is 1. The quantitative estimate of drug-likeness (QED) is 0.720. The Kier molecular flexibility index (Phi) is 2.32. The van der Waals surface area contributed by atoms with Gasteiger partial charge in [-0.25, -0.2) is 8.96 Å². The second kappa shape index (κ2) is 3.36. The zero-order chi connectivity index (χ0) is 10.2. The minimum Gasteiger partial charge on any atom is -0.244 e. The Morgan fingerprint density at radius 3 is 2.79 bits per heavy atom. The van der Waals surface area contributed by atoms with Crippen molar-refractivity contribution in [2.45, 2.75) is 25.8 Å². The van der Waals surface area contributed by atoms with E-state index >= 15 is 0 Å². The molecule has 1 aliphatic heterocycles. The largest absolute Gasteiger partial charge is 0.308 e. The van der Waals surface area contributed by atoms with Crippen molar-refractivity contribution >= 4 is 10.2 Å². The molecule has 1 aromatic rings. The zero-order valence-electron chi connectivity index (χ0n) is 8.00. The summed E-state index contributed by atoms with van der Waals surface area (Å²) in [6, 6.07) is 0.0994. The fourth-order valence-corrected chi connectivity index (χ4v) is 3.30. The van der Waals surface area contributed by atoms with Crippen molar-refractivity contribution in [3.8, 4) is 0 Å². The normalized spacial score (nSPS) is 24.2. The number of aromatic nitrogens is 2. The summed E-state index contributed by atoms with van der Waals surface area (Å²) >= 11 is 0. The first-order valence-electron chi connectivity index (χ1n) is 4.62. The molecule has 0 spiro atoms. The second-order valence-electron chi connectivity index (χ2n) is 3.50. The summed E-state index contributed by atoms with van der Waals surface area (Å²) in [5.41, 5.74) is 0. The molecule has 0 aromatic carbocycles. The van der Waals surface area contributed by atoms with E-state index in [0.29, 0.717) is 6.54 Å². The van der Waals surface area contributed by atoms with E-state index in [0.717, 1.165) is 16.8 Å². The Morgan fingerprint density at radius 1 is 1.50 bits per heavy atom. The molecule has 1 aliphatic rings. The van der Waals surface area contributed by atoms with Crippen LogP contribution in [0, 0.1) is 0 Å². The van der Waals surface area contributed by atoms with Crippen LogP contribution in [0.2, 0.25) is 0 Å². The molecule has 6 heteroatoms. The van der Waals surface area contributed by atoms with Crippen LogP contribution < -0.4 is 0 Å². The van der Waals surface area contributed by atoms with Crippen molar-refractivity contribution in [1.29, 1.82) is 0 Å². The predicted octanol–water partition coefficient (Wildman–Crippen LogP) is 0.460. The van der Waals surface area contributed by atoms with E-state index in [-0.39, 0.29) is 6.04 Å². The monoisotopic (exact) mass is 215 g/mol. The summed E-state index contributed by atoms with van der Waals surface area (Å²) < 4.78 is 26.6. The molecule has 1 fully saturated rings. The third kappa shape index (κ3) is 1.44. The standard InChI is InChI=1S/C8H13N3O2S/c1-8-3-2-5-11(8)14(12,13)10-6-4-9-7-10/h4,6-8H,2-3,5H2,1H3. The van der Waals surface area contributed by atoms with E-state index < -0.39 is 10.2 Å². The van der Waals surface area contributed by atoms with E-state index in [1.165, 1.54) is 23.0 Å². The van der Waals surface area contributed by atoms with Crippen LogP contribution in [-0.2, 0) is 10.2 Å². The highest BCUT2D eigenvalue weighted by atomic mass is 32.2. The van der Waals surface area contributed by atoms with Crippen molar-refractivity contribution in [1.82, 2.24) is 13.3 Å². The van der Waals surface area contributed by atoms with Gasteiger partial charge in [-0.2, -0.15) is 12.7 Å². The molecule has 1 unspecified atom stereocenters. The van der Waals surface area contributed by atoms with Crippen LogP contribution in [0.1, 0.15) is 19.8 Å². The molecule has 2 rings (SSSR count). The maximum Gasteiger partial charge on any atom is 0.308 e. The molecule has 1 atom stereocenters. The zero-order valence-corrected chi connectivity index (χ0v) is 8.81. The van der Waals surface area contributed by atoms with Crippen molar-refractivity contribution < 1.29 is 8.42 Å². The maximum atomic E-state index is 12.0. The predicted molar refractivity (Wildman–Crippen MR) is 51.9 cm³/mol. The number of nitrogens with zero attached hydrogens (tertiary/aromatic N) is 3. The van der Waals surface area contributed by atoms with Crippen LogP contribution in [0.5, 0.6) is 0 Å². The Morgan fingerprint density at radius 2 is 2.29 bits per heavy atom. The van der Waals surface area contributed by atoms with Crippen LogP contribution in [0.25, 0.3) is 0 Å². The molecule has 1 aromatic heterocycles. The Hall–Kier alpha value is -0.880. The van der Waals surface area contributed by atoms with Gasteiger partial charge in [0, 0.05) is 25.0 Å². The average Bonchev–Trinajstić information content (AvgIpc) is 2.72. The van der Waals surface area contributed by atoms with Gasteiger partial charge in [0.05, 0.1) is 0 Å². The van der Waals surface area contributed by atoms with Gasteiger partial charge in [-0.05, 0) is 19.8 Å². The SMILES string of the molecule is CC1CCCN1S(=O)(=O)n1ccnc1. The van der Waals surface area contributed by atoms with Gasteiger partial charge in [-0.3, -0.25) is 0 Å². The maximum absolute atomic E-state index is 12.0. The third-order valence-corrected chi connectivity index (χ3v) is 4.42. The van der Waals surface area contributed by atoms with E-state index in [1.807, 2.05) is 6.92 Å². The highest BCUT2D eigenvalue weighted by Gasteiger charge is 2.32. The molecular formula is C8H13N3O2S. The highest BCUT2D eigenvalue weighted by Crippen LogP contribution is 2.21. The van der Waals surface area contributed by atoms with Crippen molar-refractivity contribution in [3.05, 3.63) is 18.7 Å². The topological polar surface area (TPSA) is 55.2 Å². The summed E-state index contributed by atoms with van der Waals surface area (Å²) in [7, 11) is -3.36. The van der Waals surface area contributed by atoms with Gasteiger partial charge in [-0.15, -0.1) is 0 Å². The Bertz CT molecular complexity index is 398. The summed E-state index contributed by atoms with van der Waals surface area (Å²) in [6.07, 6.45) is 6.13. The van der Waals surface area contributed by atoms with Gasteiger partial charge in [0.2, 0.25) is 0 Å². The third-order valence-electron chi connectivity index (χ3n) is 2.53. The minimum absolute atomic E-state index is 0.0994. The molecule has 0 saturated carbocycles. The van der Waals surface area contributed by atoms with Crippen molar-refractivity contribution in [2.24, 2.45) is 0 Å². The van der Waals surface area contributed by atoms with E-state index in [2.05, 4.69) is 4.98 Å². The lowest BCUT2D eigenvalue weighted by molar-refractivity contribution is 0.402. The van der Waals surface area contributed by atoms with Crippen LogP contribution in [-0.4, -0.2) is 34.3 Å². The minimum atomic E-state index is -3.36. The molecular weight excluding hydrogens is 202 g/mol. The first kappa shape index (κ1) is 9.67. The average molecular weight is 215 g/mol. The van der Waals surface area contributed by atoms with E-state index in [9.17, 15) is 8.42 Å². The molecule has 0 aliphatic carbocycles. The van der Waals surface area contributed by atoms with Crippen LogP contribution in [0.3, 0.4) is 0 Å². The molecule has 0 bridgehead atoms. The van der Waals surface area contributed by atoms with Crippen LogP contribution in [0.4, 0.5) is 0 Å². The summed E-state index contributed by atoms with van der Waals surface area (Å²) in [5, 5.41) is 0. The Labute approximate surface area is 83.5 Å². The molecule has 1 saturated heterocycles. The molecule has 0 radical (unpaired) electrons. The number of hydrogen-bond donors (Lipinski definition) is 0. The van der Waals surface area contributed by atoms with Crippen molar-refractivity contribution in [2.75, 3.05) is 6.54 Å². The molecule has 0 amide bonds. The van der Waals surface area contributed by atoms with Crippen molar-refractivity contribution in [3.63, 3.8) is 0 Å². The molecule has 0 N–H and O–H groups in total. The van der Waals surface area contributed by atoms with Gasteiger partial charge in [-0.1, -0.05) is 0 Å². The Balaban J connectivity index is 2.33. The van der Waals surface area contributed by atoms with Gasteiger partial charge >= 0.3 is 10.2 Å². The fraction of sp³-hybridized carbons (Fsp3) is 0.625. The van der Waals surface area contributed by atoms with Gasteiger partial charge < -0.3 is 0 Å². The summed E-state index contributed by atoms with van der Waals surface area (Å²) in [5.74, 6) is 0. The summed E-state index contributed by atoms with van der Waals surface area (Å²) in [6.45, 7) is 2.54. The molecule has 5 nitrogen and oxygen atoms in total. The molecule has 2 heterocycles. The van der Waals surface area contributed by atoms with Gasteiger partial charge in [0.25, 0.3) is 0 Å². The fourth-order valence-electron chi connectivity index (χ4n) is 1.75.